The largest absolute Gasteiger partial charge is 2.00 e. The van der Waals surface area contributed by atoms with Crippen LogP contribution in [-0.2, 0) is 16.5 Å². The van der Waals surface area contributed by atoms with E-state index in [-0.39, 0.29) is 28.9 Å². The van der Waals surface area contributed by atoms with Crippen LogP contribution in [-0.4, -0.2) is 9.97 Å². The number of hydrogen-bond acceptors (Lipinski definition) is 2. The predicted molar refractivity (Wildman–Crippen MR) is 54.7 cm³/mol. The van der Waals surface area contributed by atoms with Crippen molar-refractivity contribution in [1.29, 1.82) is 0 Å². The molecule has 2 rings (SSSR count). The third-order valence-electron chi connectivity index (χ3n) is 1.59. The van der Waals surface area contributed by atoms with Gasteiger partial charge in [-0.1, -0.05) is 12.1 Å². The molecule has 0 atom stereocenters. The molecule has 2 aromatic heterocycles. The van der Waals surface area contributed by atoms with E-state index >= 15 is 0 Å². The molecule has 4 heteroatoms. The van der Waals surface area contributed by atoms with E-state index in [4.69, 9.17) is 0 Å². The summed E-state index contributed by atoms with van der Waals surface area (Å²) in [6.07, 6.45) is 3.54. The summed E-state index contributed by atoms with van der Waals surface area (Å²) in [4.78, 5) is 8.37. The van der Waals surface area contributed by atoms with Gasteiger partial charge < -0.3 is 0 Å². The molecule has 2 aromatic rings. The zero-order valence-electron chi connectivity index (χ0n) is 7.24. The molecule has 0 aliphatic heterocycles. The van der Waals surface area contributed by atoms with Crippen LogP contribution in [0.5, 0.6) is 0 Å². The topological polar surface area (TPSA) is 25.8 Å². The van der Waals surface area contributed by atoms with Crippen molar-refractivity contribution >= 4 is 12.4 Å². The van der Waals surface area contributed by atoms with Gasteiger partial charge in [-0.25, -0.2) is 0 Å². The number of rotatable bonds is 1. The first-order valence-corrected chi connectivity index (χ1v) is 3.79. The third kappa shape index (κ3) is 3.09. The van der Waals surface area contributed by atoms with Crippen molar-refractivity contribution in [2.24, 2.45) is 0 Å². The Morgan fingerprint density at radius 3 is 1.43 bits per heavy atom. The van der Waals surface area contributed by atoms with Crippen molar-refractivity contribution in [3.05, 3.63) is 48.8 Å². The molecule has 0 bridgehead atoms. The molecular formula is C10H9ClN2Ni+2. The van der Waals surface area contributed by atoms with Crippen LogP contribution < -0.4 is 0 Å². The molecule has 2 nitrogen and oxygen atoms in total. The molecule has 0 aliphatic rings. The number of aromatic nitrogens is 2. The Morgan fingerprint density at radius 1 is 0.714 bits per heavy atom. The molecule has 0 saturated carbocycles. The van der Waals surface area contributed by atoms with Crippen molar-refractivity contribution in [3.8, 4) is 11.4 Å². The van der Waals surface area contributed by atoms with Gasteiger partial charge in [-0.05, 0) is 24.3 Å². The summed E-state index contributed by atoms with van der Waals surface area (Å²) in [5, 5.41) is 0. The smallest absolute Gasteiger partial charge is 0.255 e. The minimum Gasteiger partial charge on any atom is -0.255 e. The van der Waals surface area contributed by atoms with E-state index in [0.717, 1.165) is 11.4 Å². The zero-order chi connectivity index (χ0) is 8.23. The molecule has 74 valence electrons. The van der Waals surface area contributed by atoms with Crippen LogP contribution in [0.3, 0.4) is 0 Å². The molecule has 0 spiro atoms. The molecule has 0 fully saturated rings. The van der Waals surface area contributed by atoms with Crippen molar-refractivity contribution in [1.82, 2.24) is 9.97 Å². The minimum atomic E-state index is 0. The van der Waals surface area contributed by atoms with E-state index in [0.29, 0.717) is 0 Å². The molecule has 0 amide bonds. The summed E-state index contributed by atoms with van der Waals surface area (Å²) >= 11 is 0. The monoisotopic (exact) mass is 250 g/mol. The van der Waals surface area contributed by atoms with Gasteiger partial charge >= 0.3 is 16.5 Å². The average molecular weight is 251 g/mol. The third-order valence-corrected chi connectivity index (χ3v) is 1.59. The first kappa shape index (κ1) is 13.1. The van der Waals surface area contributed by atoms with Crippen LogP contribution >= 0.6 is 12.4 Å². The molecule has 0 unspecified atom stereocenters. The van der Waals surface area contributed by atoms with E-state index in [1.165, 1.54) is 0 Å². The fourth-order valence-electron chi connectivity index (χ4n) is 1.03. The predicted octanol–water partition coefficient (Wildman–Crippen LogP) is 2.56. The minimum absolute atomic E-state index is 0. The van der Waals surface area contributed by atoms with Gasteiger partial charge in [-0.2, -0.15) is 0 Å². The molecule has 0 radical (unpaired) electrons. The zero-order valence-corrected chi connectivity index (χ0v) is 9.04. The number of hydrogen-bond donors (Lipinski definition) is 0. The first-order valence-electron chi connectivity index (χ1n) is 3.79. The van der Waals surface area contributed by atoms with Gasteiger partial charge in [0.05, 0.1) is 11.4 Å². The van der Waals surface area contributed by atoms with E-state index in [1.807, 2.05) is 36.4 Å². The Bertz CT molecular complexity index is 316. The van der Waals surface area contributed by atoms with E-state index in [1.54, 1.807) is 12.4 Å². The Kier molecular flexibility index (Phi) is 6.10. The molecule has 2 heterocycles. The fourth-order valence-corrected chi connectivity index (χ4v) is 1.03. The Labute approximate surface area is 99.1 Å². The molecule has 0 aliphatic carbocycles. The van der Waals surface area contributed by atoms with Gasteiger partial charge in [-0.15, -0.1) is 12.4 Å². The summed E-state index contributed by atoms with van der Waals surface area (Å²) in [5.41, 5.74) is 1.83. The fraction of sp³-hybridized carbons (Fsp3) is 0. The molecule has 0 N–H and O–H groups in total. The summed E-state index contributed by atoms with van der Waals surface area (Å²) in [5.74, 6) is 0. The first-order chi connectivity index (χ1) is 5.97. The van der Waals surface area contributed by atoms with Gasteiger partial charge in [0, 0.05) is 12.4 Å². The molecular weight excluding hydrogens is 242 g/mol. The van der Waals surface area contributed by atoms with Gasteiger partial charge in [0.1, 0.15) is 0 Å². The van der Waals surface area contributed by atoms with Crippen LogP contribution in [0.4, 0.5) is 0 Å². The van der Waals surface area contributed by atoms with Crippen molar-refractivity contribution < 1.29 is 16.5 Å². The van der Waals surface area contributed by atoms with Crippen molar-refractivity contribution in [2.75, 3.05) is 0 Å². The average Bonchev–Trinajstić information content (AvgIpc) is 2.21. The maximum Gasteiger partial charge on any atom is 2.00 e. The van der Waals surface area contributed by atoms with E-state index < -0.39 is 0 Å². The van der Waals surface area contributed by atoms with Crippen molar-refractivity contribution in [3.63, 3.8) is 0 Å². The number of halogens is 1. The number of nitrogens with zero attached hydrogens (tertiary/aromatic N) is 2. The van der Waals surface area contributed by atoms with Gasteiger partial charge in [0.15, 0.2) is 0 Å². The maximum atomic E-state index is 4.19. The second kappa shape index (κ2) is 6.52. The van der Waals surface area contributed by atoms with Gasteiger partial charge in [0.25, 0.3) is 0 Å². The van der Waals surface area contributed by atoms with Gasteiger partial charge in [0.2, 0.25) is 0 Å². The standard InChI is InChI=1S/C10H8N2.ClH.Ni/c1-3-7-11-9(5-1)10-6-2-4-8-12-10;;/h1-8H;1H;/q;;+2. The Morgan fingerprint density at radius 2 is 1.14 bits per heavy atom. The Balaban J connectivity index is 0.000000845. The molecule has 0 saturated heterocycles. The van der Waals surface area contributed by atoms with Crippen LogP contribution in [0.15, 0.2) is 48.8 Å². The van der Waals surface area contributed by atoms with Crippen LogP contribution in [0.1, 0.15) is 0 Å². The van der Waals surface area contributed by atoms with E-state index in [2.05, 4.69) is 9.97 Å². The van der Waals surface area contributed by atoms with E-state index in [9.17, 15) is 0 Å². The Hall–Kier alpha value is -0.916. The SMILES string of the molecule is Cl.[Ni+2].c1ccc(-c2ccccn2)nc1. The maximum absolute atomic E-state index is 4.19. The second-order valence-corrected chi connectivity index (χ2v) is 2.43. The molecule has 14 heavy (non-hydrogen) atoms. The van der Waals surface area contributed by atoms with Crippen molar-refractivity contribution in [2.45, 2.75) is 0 Å². The van der Waals surface area contributed by atoms with Crippen LogP contribution in [0.2, 0.25) is 0 Å². The molecule has 0 aromatic carbocycles. The van der Waals surface area contributed by atoms with Gasteiger partial charge in [-0.3, -0.25) is 9.97 Å². The summed E-state index contributed by atoms with van der Waals surface area (Å²) in [6, 6.07) is 11.6. The summed E-state index contributed by atoms with van der Waals surface area (Å²) in [7, 11) is 0. The van der Waals surface area contributed by atoms with Crippen LogP contribution in [0.25, 0.3) is 11.4 Å². The van der Waals surface area contributed by atoms with Crippen LogP contribution in [0, 0.1) is 0 Å². The summed E-state index contributed by atoms with van der Waals surface area (Å²) < 4.78 is 0. The summed E-state index contributed by atoms with van der Waals surface area (Å²) in [6.45, 7) is 0. The normalized spacial score (nSPS) is 8.29. The second-order valence-electron chi connectivity index (χ2n) is 2.43. The quantitative estimate of drug-likeness (QED) is 0.728. The number of pyridine rings is 2.